The lowest BCUT2D eigenvalue weighted by Gasteiger charge is -2.52. The van der Waals surface area contributed by atoms with Crippen molar-refractivity contribution in [1.82, 2.24) is 10.2 Å². The smallest absolute Gasteiger partial charge is 0.381 e. The van der Waals surface area contributed by atoms with E-state index in [1.165, 1.54) is 0 Å². The van der Waals surface area contributed by atoms with Gasteiger partial charge in [-0.05, 0) is 70.2 Å². The number of benzene rings is 3. The first-order valence-electron chi connectivity index (χ1n) is 11.5. The van der Waals surface area contributed by atoms with E-state index in [4.69, 9.17) is 0 Å². The van der Waals surface area contributed by atoms with E-state index >= 15 is 0 Å². The Labute approximate surface area is 209 Å². The maximum atomic E-state index is 11.6. The third kappa shape index (κ3) is 2.91. The Morgan fingerprint density at radius 3 is 1.56 bits per heavy atom. The van der Waals surface area contributed by atoms with Gasteiger partial charge >= 0.3 is 5.97 Å². The van der Waals surface area contributed by atoms with E-state index in [0.717, 1.165) is 39.1 Å². The third-order valence-corrected chi connectivity index (χ3v) is 6.86. The number of carbonyl (C=O) groups is 1. The van der Waals surface area contributed by atoms with Crippen LogP contribution in [0.4, 0.5) is 0 Å². The molecule has 0 spiro atoms. The Kier molecular flexibility index (Phi) is 4.75. The Balaban J connectivity index is 1.67. The average Bonchev–Trinajstić information content (AvgIpc) is 2.91. The van der Waals surface area contributed by atoms with Crippen molar-refractivity contribution in [3.8, 4) is 35.5 Å². The molecule has 1 heterocycles. The van der Waals surface area contributed by atoms with Crippen molar-refractivity contribution in [3.05, 3.63) is 130 Å². The molecule has 4 heteroatoms. The number of hydrogen-bond donors (Lipinski definition) is 1. The van der Waals surface area contributed by atoms with Crippen LogP contribution in [0.1, 0.15) is 44.8 Å². The van der Waals surface area contributed by atoms with Gasteiger partial charge in [0.15, 0.2) is 0 Å². The summed E-state index contributed by atoms with van der Waals surface area (Å²) in [5, 5.41) is 17.7. The first-order valence-corrected chi connectivity index (χ1v) is 11.5. The van der Waals surface area contributed by atoms with E-state index in [9.17, 15) is 9.90 Å². The summed E-state index contributed by atoms with van der Waals surface area (Å²) >= 11 is 0. The second-order valence-corrected chi connectivity index (χ2v) is 8.75. The highest BCUT2D eigenvalue weighted by molar-refractivity contribution is 5.89. The van der Waals surface area contributed by atoms with Crippen LogP contribution in [0.25, 0.3) is 0 Å². The second-order valence-electron chi connectivity index (χ2n) is 8.75. The Hall–Kier alpha value is -5.11. The quantitative estimate of drug-likeness (QED) is 0.398. The number of carboxylic acid groups (broad SMARTS) is 1. The molecule has 3 aromatic carbocycles. The summed E-state index contributed by atoms with van der Waals surface area (Å²) in [7, 11) is 0. The molecule has 2 bridgehead atoms. The molecule has 0 aliphatic heterocycles. The summed E-state index contributed by atoms with van der Waals surface area (Å²) in [5.41, 5.74) is 5.52. The minimum Gasteiger partial charge on any atom is -0.472 e. The van der Waals surface area contributed by atoms with Gasteiger partial charge in [0.05, 0.1) is 5.69 Å². The van der Waals surface area contributed by atoms with Crippen molar-refractivity contribution in [2.45, 2.75) is 17.8 Å². The van der Waals surface area contributed by atoms with Crippen molar-refractivity contribution in [3.63, 3.8) is 0 Å². The van der Waals surface area contributed by atoms with E-state index in [2.05, 4.69) is 63.9 Å². The average molecular weight is 463 g/mol. The first-order chi connectivity index (χ1) is 17.6. The van der Waals surface area contributed by atoms with Gasteiger partial charge in [-0.15, -0.1) is 5.10 Å². The van der Waals surface area contributed by atoms with E-state index < -0.39 is 16.8 Å². The molecule has 36 heavy (non-hydrogen) atoms. The SMILES string of the molecule is Cc1ccc(C#CC#CC23c4ccccc4C(C#CC(=O)O)(c4ccccc42)c2ccccc23)nn1. The third-order valence-electron chi connectivity index (χ3n) is 6.86. The summed E-state index contributed by atoms with van der Waals surface area (Å²) in [6.45, 7) is 1.88. The van der Waals surface area contributed by atoms with Crippen LogP contribution in [0.15, 0.2) is 84.9 Å². The standard InChI is InChI=1S/C32H18N2O2/c1-22-17-18-23(34-33-22)10-8-9-20-31-24-11-2-5-14-27(24)32(21-19-30(35)36,28-15-6-3-12-25(28)31)29-16-7-4-13-26(29)31/h2-7,11-18H,1H3,(H,35,36). The van der Waals surface area contributed by atoms with Gasteiger partial charge in [-0.1, -0.05) is 84.6 Å². The van der Waals surface area contributed by atoms with Crippen LogP contribution in [-0.2, 0) is 15.6 Å². The van der Waals surface area contributed by atoms with Crippen LogP contribution in [0, 0.1) is 42.4 Å². The molecule has 0 unspecified atom stereocenters. The molecule has 0 radical (unpaired) electrons. The zero-order valence-corrected chi connectivity index (χ0v) is 19.3. The van der Waals surface area contributed by atoms with Crippen LogP contribution in [0.5, 0.6) is 0 Å². The number of hydrogen-bond acceptors (Lipinski definition) is 3. The fourth-order valence-electron chi connectivity index (χ4n) is 5.52. The number of rotatable bonds is 0. The summed E-state index contributed by atoms with van der Waals surface area (Å²) in [6.07, 6.45) is 0. The topological polar surface area (TPSA) is 63.1 Å². The highest BCUT2D eigenvalue weighted by Crippen LogP contribution is 2.61. The van der Waals surface area contributed by atoms with Gasteiger partial charge in [0.25, 0.3) is 0 Å². The van der Waals surface area contributed by atoms with Crippen LogP contribution < -0.4 is 0 Å². The summed E-state index contributed by atoms with van der Waals surface area (Å²) in [6, 6.07) is 27.8. The lowest BCUT2D eigenvalue weighted by atomic mass is 9.47. The van der Waals surface area contributed by atoms with Crippen molar-refractivity contribution < 1.29 is 9.90 Å². The molecule has 7 rings (SSSR count). The van der Waals surface area contributed by atoms with Crippen molar-refractivity contribution in [2.24, 2.45) is 0 Å². The van der Waals surface area contributed by atoms with E-state index in [1.807, 2.05) is 73.7 Å². The summed E-state index contributed by atoms with van der Waals surface area (Å²) in [4.78, 5) is 11.6. The molecule has 0 fully saturated rings. The molecule has 0 amide bonds. The molecular formula is C32H18N2O2. The van der Waals surface area contributed by atoms with Crippen molar-refractivity contribution in [1.29, 1.82) is 0 Å². The predicted molar refractivity (Wildman–Crippen MR) is 136 cm³/mol. The fourth-order valence-corrected chi connectivity index (χ4v) is 5.52. The van der Waals surface area contributed by atoms with Crippen LogP contribution in [-0.4, -0.2) is 21.3 Å². The fraction of sp³-hybridized carbons (Fsp3) is 0.0938. The Morgan fingerprint density at radius 1 is 0.667 bits per heavy atom. The van der Waals surface area contributed by atoms with Crippen LogP contribution in [0.3, 0.4) is 0 Å². The zero-order valence-electron chi connectivity index (χ0n) is 19.3. The summed E-state index contributed by atoms with van der Waals surface area (Å²) in [5.74, 6) is 17.0. The molecule has 0 saturated heterocycles. The van der Waals surface area contributed by atoms with E-state index in [0.29, 0.717) is 5.69 Å². The van der Waals surface area contributed by atoms with E-state index in [1.54, 1.807) is 0 Å². The molecule has 0 atom stereocenters. The first kappa shape index (κ1) is 21.4. The second kappa shape index (κ2) is 7.99. The highest BCUT2D eigenvalue weighted by Gasteiger charge is 2.57. The van der Waals surface area contributed by atoms with Gasteiger partial charge in [-0.2, -0.15) is 5.10 Å². The van der Waals surface area contributed by atoms with Crippen molar-refractivity contribution >= 4 is 5.97 Å². The summed E-state index contributed by atoms with van der Waals surface area (Å²) < 4.78 is 0. The van der Waals surface area contributed by atoms with Crippen molar-refractivity contribution in [2.75, 3.05) is 0 Å². The molecular weight excluding hydrogens is 444 g/mol. The number of aryl methyl sites for hydroxylation is 1. The Morgan fingerprint density at radius 2 is 1.14 bits per heavy atom. The van der Waals surface area contributed by atoms with Gasteiger partial charge < -0.3 is 5.11 Å². The molecule has 1 N–H and O–H groups in total. The van der Waals surface area contributed by atoms with Gasteiger partial charge in [-0.25, -0.2) is 4.79 Å². The number of nitrogens with zero attached hydrogens (tertiary/aromatic N) is 2. The molecule has 0 saturated carbocycles. The van der Waals surface area contributed by atoms with Gasteiger partial charge in [0.2, 0.25) is 0 Å². The lowest BCUT2D eigenvalue weighted by molar-refractivity contribution is -0.130. The lowest BCUT2D eigenvalue weighted by Crippen LogP contribution is -2.49. The van der Waals surface area contributed by atoms with Crippen LogP contribution >= 0.6 is 0 Å². The normalized spacial score (nSPS) is 19.6. The predicted octanol–water partition coefficient (Wildman–Crippen LogP) is 4.22. The van der Waals surface area contributed by atoms with Gasteiger partial charge in [0, 0.05) is 5.92 Å². The molecule has 1 aromatic heterocycles. The van der Waals surface area contributed by atoms with Gasteiger partial charge in [0.1, 0.15) is 16.5 Å². The van der Waals surface area contributed by atoms with Crippen LogP contribution in [0.2, 0.25) is 0 Å². The minimum absolute atomic E-state index is 0.559. The largest absolute Gasteiger partial charge is 0.472 e. The maximum Gasteiger partial charge on any atom is 0.381 e. The minimum atomic E-state index is -1.16. The van der Waals surface area contributed by atoms with E-state index in [-0.39, 0.29) is 0 Å². The zero-order chi connectivity index (χ0) is 24.8. The molecule has 3 aliphatic carbocycles. The molecule has 4 nitrogen and oxygen atoms in total. The number of aromatic nitrogens is 2. The maximum absolute atomic E-state index is 11.6. The molecule has 168 valence electrons. The number of aliphatic carboxylic acids is 1. The monoisotopic (exact) mass is 462 g/mol. The molecule has 3 aliphatic rings. The van der Waals surface area contributed by atoms with Gasteiger partial charge in [-0.3, -0.25) is 0 Å². The highest BCUT2D eigenvalue weighted by atomic mass is 16.4. The molecule has 4 aromatic rings. The Bertz CT molecular complexity index is 1630. The number of carboxylic acids is 1.